The molecule has 4 heteroatoms. The van der Waals surface area contributed by atoms with Gasteiger partial charge >= 0.3 is 0 Å². The van der Waals surface area contributed by atoms with Crippen LogP contribution in [0.1, 0.15) is 28.8 Å². The van der Waals surface area contributed by atoms with Crippen LogP contribution < -0.4 is 5.32 Å². The van der Waals surface area contributed by atoms with E-state index in [2.05, 4.69) is 28.6 Å². The predicted molar refractivity (Wildman–Crippen MR) is 88.6 cm³/mol. The van der Waals surface area contributed by atoms with E-state index in [-0.39, 0.29) is 5.91 Å². The summed E-state index contributed by atoms with van der Waals surface area (Å²) in [6.07, 6.45) is 4.39. The molecule has 0 spiro atoms. The second-order valence-electron chi connectivity index (χ2n) is 6.18. The van der Waals surface area contributed by atoms with Gasteiger partial charge in [-0.25, -0.2) is 0 Å². The lowest BCUT2D eigenvalue weighted by atomic mass is 9.92. The minimum absolute atomic E-state index is 0.207. The van der Waals surface area contributed by atoms with Crippen LogP contribution in [0.3, 0.4) is 0 Å². The monoisotopic (exact) mass is 304 g/mol. The Morgan fingerprint density at radius 3 is 2.38 bits per heavy atom. The first-order valence-corrected chi connectivity index (χ1v) is 9.25. The van der Waals surface area contributed by atoms with E-state index in [1.807, 2.05) is 23.9 Å². The van der Waals surface area contributed by atoms with Gasteiger partial charge in [0.15, 0.2) is 0 Å². The minimum atomic E-state index is 0.207. The molecule has 2 aliphatic heterocycles. The normalized spacial score (nSPS) is 25.5. The number of nitrogens with one attached hydrogen (secondary N) is 1. The smallest absolute Gasteiger partial charge is 0.253 e. The van der Waals surface area contributed by atoms with E-state index >= 15 is 0 Å². The molecule has 1 aromatic rings. The van der Waals surface area contributed by atoms with Crippen molar-refractivity contribution < 1.29 is 4.79 Å². The Hall–Kier alpha value is -1.00. The fraction of sp³-hybridized carbons (Fsp3) is 0.588. The largest absolute Gasteiger partial charge is 0.339 e. The number of thioether (sulfide) groups is 1. The maximum absolute atomic E-state index is 12.6. The zero-order valence-corrected chi connectivity index (χ0v) is 13.5. The van der Waals surface area contributed by atoms with Crippen LogP contribution in [0.4, 0.5) is 0 Å². The molecule has 3 rings (SSSR count). The number of nitrogens with zero attached hydrogens (tertiary/aromatic N) is 1. The lowest BCUT2D eigenvalue weighted by Crippen LogP contribution is -2.32. The summed E-state index contributed by atoms with van der Waals surface area (Å²) in [6.45, 7) is 4.09. The highest BCUT2D eigenvalue weighted by atomic mass is 32.2. The molecule has 0 aromatic heterocycles. The van der Waals surface area contributed by atoms with Gasteiger partial charge in [-0.05, 0) is 61.7 Å². The Balaban J connectivity index is 1.64. The van der Waals surface area contributed by atoms with Crippen molar-refractivity contribution in [1.29, 1.82) is 0 Å². The number of hydrogen-bond acceptors (Lipinski definition) is 3. The van der Waals surface area contributed by atoms with Gasteiger partial charge in [0.1, 0.15) is 0 Å². The van der Waals surface area contributed by atoms with Crippen LogP contribution in [0, 0.1) is 11.8 Å². The van der Waals surface area contributed by atoms with Gasteiger partial charge in [0.05, 0.1) is 0 Å². The van der Waals surface area contributed by atoms with Crippen molar-refractivity contribution in [1.82, 2.24) is 10.2 Å². The molecule has 0 radical (unpaired) electrons. The lowest BCUT2D eigenvalue weighted by Gasteiger charge is -2.21. The number of amides is 1. The standard InChI is InChI=1S/C17H24N2OS/c1-21-12-13-2-4-14(5-3-13)17(20)19-8-6-15-10-18-11-16(15)7-9-19/h2-5,15-16,18H,6-12H2,1H3/t15-,16+. The van der Waals surface area contributed by atoms with Crippen LogP contribution in [-0.2, 0) is 5.75 Å². The molecule has 114 valence electrons. The van der Waals surface area contributed by atoms with Crippen molar-refractivity contribution >= 4 is 17.7 Å². The molecule has 2 heterocycles. The molecule has 2 aliphatic rings. The van der Waals surface area contributed by atoms with Gasteiger partial charge < -0.3 is 10.2 Å². The Bertz CT molecular complexity index is 474. The Morgan fingerprint density at radius 2 is 1.81 bits per heavy atom. The first-order valence-electron chi connectivity index (χ1n) is 7.86. The van der Waals surface area contributed by atoms with E-state index in [0.717, 1.165) is 62.2 Å². The molecule has 0 unspecified atom stereocenters. The second kappa shape index (κ2) is 6.84. The molecule has 2 fully saturated rings. The first-order chi connectivity index (χ1) is 10.3. The molecular formula is C17H24N2OS. The highest BCUT2D eigenvalue weighted by Gasteiger charge is 2.31. The fourth-order valence-electron chi connectivity index (χ4n) is 3.51. The van der Waals surface area contributed by atoms with E-state index in [0.29, 0.717) is 0 Å². The van der Waals surface area contributed by atoms with Crippen LogP contribution >= 0.6 is 11.8 Å². The number of hydrogen-bond donors (Lipinski definition) is 1. The summed E-state index contributed by atoms with van der Waals surface area (Å²) in [6, 6.07) is 8.14. The number of carbonyl (C=O) groups excluding carboxylic acids is 1. The van der Waals surface area contributed by atoms with Crippen molar-refractivity contribution in [3.63, 3.8) is 0 Å². The first kappa shape index (κ1) is 14.9. The summed E-state index contributed by atoms with van der Waals surface area (Å²) in [4.78, 5) is 14.7. The van der Waals surface area contributed by atoms with Crippen molar-refractivity contribution in [2.24, 2.45) is 11.8 Å². The maximum atomic E-state index is 12.6. The minimum Gasteiger partial charge on any atom is -0.339 e. The Labute approximate surface area is 131 Å². The number of fused-ring (bicyclic) bond motifs is 1. The summed E-state index contributed by atoms with van der Waals surface area (Å²) in [5.74, 6) is 2.76. The lowest BCUT2D eigenvalue weighted by molar-refractivity contribution is 0.0758. The highest BCUT2D eigenvalue weighted by Crippen LogP contribution is 2.27. The molecule has 0 aliphatic carbocycles. The molecule has 21 heavy (non-hydrogen) atoms. The summed E-state index contributed by atoms with van der Waals surface area (Å²) in [5.41, 5.74) is 2.13. The molecule has 1 aromatic carbocycles. The number of carbonyl (C=O) groups is 1. The third kappa shape index (κ3) is 3.43. The van der Waals surface area contributed by atoms with E-state index in [1.165, 1.54) is 5.56 Å². The van der Waals surface area contributed by atoms with E-state index in [9.17, 15) is 4.79 Å². The molecule has 1 amide bonds. The van der Waals surface area contributed by atoms with Gasteiger partial charge in [-0.2, -0.15) is 11.8 Å². The number of rotatable bonds is 3. The van der Waals surface area contributed by atoms with E-state index in [1.54, 1.807) is 0 Å². The van der Waals surface area contributed by atoms with E-state index < -0.39 is 0 Å². The molecule has 0 bridgehead atoms. The van der Waals surface area contributed by atoms with Crippen molar-refractivity contribution in [3.05, 3.63) is 35.4 Å². The van der Waals surface area contributed by atoms with Gasteiger partial charge in [0.2, 0.25) is 0 Å². The average molecular weight is 304 g/mol. The average Bonchev–Trinajstić information content (AvgIpc) is 2.86. The molecular weight excluding hydrogens is 280 g/mol. The zero-order valence-electron chi connectivity index (χ0n) is 12.7. The van der Waals surface area contributed by atoms with Crippen LogP contribution in [0.2, 0.25) is 0 Å². The van der Waals surface area contributed by atoms with Crippen molar-refractivity contribution in [3.8, 4) is 0 Å². The molecule has 0 saturated carbocycles. The van der Waals surface area contributed by atoms with Crippen LogP contribution in [0.15, 0.2) is 24.3 Å². The van der Waals surface area contributed by atoms with Gasteiger partial charge in [0.25, 0.3) is 5.91 Å². The summed E-state index contributed by atoms with van der Waals surface area (Å²) >= 11 is 1.81. The second-order valence-corrected chi connectivity index (χ2v) is 7.04. The van der Waals surface area contributed by atoms with Gasteiger partial charge in [0, 0.05) is 24.4 Å². The van der Waals surface area contributed by atoms with Crippen LogP contribution in [-0.4, -0.2) is 43.2 Å². The summed E-state index contributed by atoms with van der Waals surface area (Å²) in [5, 5.41) is 3.48. The molecule has 1 N–H and O–H groups in total. The third-order valence-electron chi connectivity index (χ3n) is 4.82. The van der Waals surface area contributed by atoms with Crippen molar-refractivity contribution in [2.75, 3.05) is 32.4 Å². The van der Waals surface area contributed by atoms with E-state index in [4.69, 9.17) is 0 Å². The van der Waals surface area contributed by atoms with Gasteiger partial charge in [-0.1, -0.05) is 12.1 Å². The molecule has 3 nitrogen and oxygen atoms in total. The summed E-state index contributed by atoms with van der Waals surface area (Å²) < 4.78 is 0. The third-order valence-corrected chi connectivity index (χ3v) is 5.44. The zero-order chi connectivity index (χ0) is 14.7. The predicted octanol–water partition coefficient (Wildman–Crippen LogP) is 2.62. The number of likely N-dealkylation sites (tertiary alicyclic amines) is 1. The van der Waals surface area contributed by atoms with Crippen LogP contribution in [0.5, 0.6) is 0 Å². The van der Waals surface area contributed by atoms with Gasteiger partial charge in [-0.3, -0.25) is 4.79 Å². The Kier molecular flexibility index (Phi) is 4.86. The van der Waals surface area contributed by atoms with Crippen LogP contribution in [0.25, 0.3) is 0 Å². The Morgan fingerprint density at radius 1 is 1.19 bits per heavy atom. The topological polar surface area (TPSA) is 32.3 Å². The highest BCUT2D eigenvalue weighted by molar-refractivity contribution is 7.97. The van der Waals surface area contributed by atoms with Gasteiger partial charge in [-0.15, -0.1) is 0 Å². The quantitative estimate of drug-likeness (QED) is 0.932. The SMILES string of the molecule is CSCc1ccc(C(=O)N2CC[C@@H]3CNC[C@@H]3CC2)cc1. The summed E-state index contributed by atoms with van der Waals surface area (Å²) in [7, 11) is 0. The molecule has 2 atom stereocenters. The fourth-order valence-corrected chi connectivity index (χ4v) is 4.04. The molecule has 2 saturated heterocycles. The maximum Gasteiger partial charge on any atom is 0.253 e. The number of benzene rings is 1. The van der Waals surface area contributed by atoms with Crippen molar-refractivity contribution in [2.45, 2.75) is 18.6 Å².